The van der Waals surface area contributed by atoms with E-state index >= 15 is 0 Å². The van der Waals surface area contributed by atoms with E-state index in [9.17, 15) is 0 Å². The van der Waals surface area contributed by atoms with E-state index in [1.54, 1.807) is 11.8 Å². The molecule has 2 heterocycles. The van der Waals surface area contributed by atoms with E-state index in [0.29, 0.717) is 0 Å². The van der Waals surface area contributed by atoms with Crippen molar-refractivity contribution in [3.63, 3.8) is 0 Å². The largest absolute Gasteiger partial charge is 0.374 e. The van der Waals surface area contributed by atoms with Crippen LogP contribution in [0, 0.1) is 0 Å². The van der Waals surface area contributed by atoms with Gasteiger partial charge in [-0.2, -0.15) is 0 Å². The first kappa shape index (κ1) is 23.1. The number of hydrogen-bond donors (Lipinski definition) is 0. The summed E-state index contributed by atoms with van der Waals surface area (Å²) in [5.41, 5.74) is 4.82. The van der Waals surface area contributed by atoms with Crippen molar-refractivity contribution < 1.29 is 4.74 Å². The van der Waals surface area contributed by atoms with Crippen molar-refractivity contribution >= 4 is 23.4 Å². The van der Waals surface area contributed by atoms with Crippen LogP contribution in [0.5, 0.6) is 0 Å². The highest BCUT2D eigenvalue weighted by Gasteiger charge is 2.31. The van der Waals surface area contributed by atoms with Crippen molar-refractivity contribution in [3.8, 4) is 11.1 Å². The molecule has 5 rings (SSSR count). The highest BCUT2D eigenvalue weighted by Crippen LogP contribution is 2.43. The van der Waals surface area contributed by atoms with Crippen LogP contribution in [0.2, 0.25) is 5.02 Å². The number of benzene rings is 3. The molecule has 0 saturated carbocycles. The molecule has 2 atom stereocenters. The van der Waals surface area contributed by atoms with Crippen molar-refractivity contribution in [3.05, 3.63) is 119 Å². The van der Waals surface area contributed by atoms with Crippen LogP contribution in [0.4, 0.5) is 0 Å². The molecular weight excluding hydrogens is 460 g/mol. The highest BCUT2D eigenvalue weighted by atomic mass is 35.5. The quantitative estimate of drug-likeness (QED) is 0.259. The monoisotopic (exact) mass is 486 g/mol. The fraction of sp³-hybridized carbons (Fsp3) is 0.207. The summed E-state index contributed by atoms with van der Waals surface area (Å²) in [7, 11) is 0. The molecule has 34 heavy (non-hydrogen) atoms. The van der Waals surface area contributed by atoms with Gasteiger partial charge in [-0.25, -0.2) is 4.98 Å². The first-order valence-corrected chi connectivity index (χ1v) is 12.8. The maximum Gasteiger partial charge on any atom is 0.104 e. The van der Waals surface area contributed by atoms with Crippen molar-refractivity contribution in [1.29, 1.82) is 0 Å². The topological polar surface area (TPSA) is 25.4 Å². The van der Waals surface area contributed by atoms with Gasteiger partial charge in [-0.05, 0) is 34.9 Å². The third-order valence-corrected chi connectivity index (χ3v) is 7.69. The molecule has 4 aromatic rings. The van der Waals surface area contributed by atoms with Gasteiger partial charge in [-0.1, -0.05) is 102 Å². The number of thioether (sulfide) groups is 1. The zero-order valence-electron chi connectivity index (χ0n) is 18.9. The third kappa shape index (κ3) is 5.70. The zero-order valence-corrected chi connectivity index (χ0v) is 20.5. The Kier molecular flexibility index (Phi) is 7.62. The minimum atomic E-state index is 0.0601. The van der Waals surface area contributed by atoms with Gasteiger partial charge in [0, 0.05) is 36.4 Å². The van der Waals surface area contributed by atoms with Crippen molar-refractivity contribution in [2.45, 2.75) is 22.9 Å². The molecule has 0 spiro atoms. The van der Waals surface area contributed by atoms with E-state index in [1.165, 1.54) is 11.1 Å². The van der Waals surface area contributed by atoms with E-state index in [-0.39, 0.29) is 11.4 Å². The molecule has 1 aromatic heterocycles. The second-order valence-electron chi connectivity index (χ2n) is 8.44. The van der Waals surface area contributed by atoms with Crippen molar-refractivity contribution in [2.75, 3.05) is 19.7 Å². The molecular formula is C29H27ClN2OS. The molecule has 3 nitrogen and oxygen atoms in total. The first-order chi connectivity index (χ1) is 16.8. The zero-order chi connectivity index (χ0) is 23.2. The van der Waals surface area contributed by atoms with Gasteiger partial charge in [0.05, 0.1) is 18.0 Å². The summed E-state index contributed by atoms with van der Waals surface area (Å²) in [6.45, 7) is 3.49. The second-order valence-corrected chi connectivity index (χ2v) is 10.0. The Morgan fingerprint density at radius 2 is 1.65 bits per heavy atom. The Balaban J connectivity index is 1.42. The van der Waals surface area contributed by atoms with Crippen LogP contribution in [0.1, 0.15) is 16.4 Å². The Hall–Kier alpha value is -2.63. The molecule has 1 saturated heterocycles. The maximum absolute atomic E-state index is 6.39. The van der Waals surface area contributed by atoms with Crippen molar-refractivity contribution in [1.82, 2.24) is 9.88 Å². The predicted molar refractivity (Wildman–Crippen MR) is 141 cm³/mol. The molecule has 3 aromatic carbocycles. The summed E-state index contributed by atoms with van der Waals surface area (Å²) in [5.74, 6) is 0. The van der Waals surface area contributed by atoms with Crippen LogP contribution in [0.25, 0.3) is 11.1 Å². The summed E-state index contributed by atoms with van der Waals surface area (Å²) in [6.07, 6.45) is 1.93. The lowest BCUT2D eigenvalue weighted by Crippen LogP contribution is -2.44. The number of nitrogens with zero attached hydrogens (tertiary/aromatic N) is 2. The number of pyridine rings is 1. The molecule has 0 N–H and O–H groups in total. The Morgan fingerprint density at radius 1 is 0.912 bits per heavy atom. The van der Waals surface area contributed by atoms with Gasteiger partial charge >= 0.3 is 0 Å². The SMILES string of the molecule is Clc1ccc(-c2cccnc2SC(c2ccccc2)C2CN(Cc3ccccc3)CCO2)cc1. The van der Waals surface area contributed by atoms with Gasteiger partial charge in [-0.3, -0.25) is 4.90 Å². The summed E-state index contributed by atoms with van der Waals surface area (Å²) in [4.78, 5) is 7.28. The maximum atomic E-state index is 6.39. The fourth-order valence-electron chi connectivity index (χ4n) is 4.36. The normalized spacial score (nSPS) is 17.4. The van der Waals surface area contributed by atoms with Gasteiger partial charge in [0.15, 0.2) is 0 Å². The van der Waals surface area contributed by atoms with Crippen LogP contribution in [-0.4, -0.2) is 35.7 Å². The van der Waals surface area contributed by atoms with Gasteiger partial charge in [0.25, 0.3) is 0 Å². The summed E-state index contributed by atoms with van der Waals surface area (Å²) in [5, 5.41) is 1.86. The fourth-order valence-corrected chi connectivity index (χ4v) is 5.77. The predicted octanol–water partition coefficient (Wildman–Crippen LogP) is 7.14. The lowest BCUT2D eigenvalue weighted by atomic mass is 10.1. The van der Waals surface area contributed by atoms with Gasteiger partial charge in [-0.15, -0.1) is 0 Å². The first-order valence-electron chi connectivity index (χ1n) is 11.6. The molecule has 0 radical (unpaired) electrons. The molecule has 0 amide bonds. The molecule has 0 bridgehead atoms. The second kappa shape index (κ2) is 11.2. The van der Waals surface area contributed by atoms with Crippen LogP contribution in [-0.2, 0) is 11.3 Å². The number of ether oxygens (including phenoxy) is 1. The molecule has 1 aliphatic rings. The molecule has 172 valence electrons. The number of hydrogen-bond acceptors (Lipinski definition) is 4. The summed E-state index contributed by atoms with van der Waals surface area (Å²) in [6, 6.07) is 33.4. The highest BCUT2D eigenvalue weighted by molar-refractivity contribution is 7.99. The van der Waals surface area contributed by atoms with Crippen LogP contribution < -0.4 is 0 Å². The average Bonchev–Trinajstić information content (AvgIpc) is 2.89. The van der Waals surface area contributed by atoms with Crippen molar-refractivity contribution in [2.24, 2.45) is 0 Å². The van der Waals surface area contributed by atoms with E-state index in [0.717, 1.165) is 47.4 Å². The van der Waals surface area contributed by atoms with Crippen LogP contribution >= 0.6 is 23.4 Å². The number of halogens is 1. The Morgan fingerprint density at radius 3 is 2.41 bits per heavy atom. The molecule has 0 aliphatic carbocycles. The minimum Gasteiger partial charge on any atom is -0.374 e. The number of morpholine rings is 1. The Bertz CT molecular complexity index is 1190. The molecule has 1 fully saturated rings. The Labute approximate surface area is 210 Å². The minimum absolute atomic E-state index is 0.0601. The molecule has 5 heteroatoms. The smallest absolute Gasteiger partial charge is 0.104 e. The van der Waals surface area contributed by atoms with E-state index in [4.69, 9.17) is 21.3 Å². The van der Waals surface area contributed by atoms with E-state index in [1.807, 2.05) is 24.4 Å². The average molecular weight is 487 g/mol. The molecule has 1 aliphatic heterocycles. The third-order valence-electron chi connectivity index (χ3n) is 6.06. The van der Waals surface area contributed by atoms with Gasteiger partial charge < -0.3 is 4.74 Å². The summed E-state index contributed by atoms with van der Waals surface area (Å²) < 4.78 is 6.39. The molecule has 2 unspecified atom stereocenters. The standard InChI is InChI=1S/C29H27ClN2OS/c30-25-15-13-23(14-16-25)26-12-7-17-31-29(26)34-28(24-10-5-2-6-11-24)27-21-32(18-19-33-27)20-22-8-3-1-4-9-22/h1-17,27-28H,18-21H2. The van der Waals surface area contributed by atoms with Gasteiger partial charge in [0.1, 0.15) is 5.03 Å². The number of aromatic nitrogens is 1. The summed E-state index contributed by atoms with van der Waals surface area (Å²) >= 11 is 7.92. The van der Waals surface area contributed by atoms with E-state index in [2.05, 4.69) is 83.8 Å². The number of rotatable bonds is 7. The van der Waals surface area contributed by atoms with Crippen LogP contribution in [0.3, 0.4) is 0 Å². The van der Waals surface area contributed by atoms with Crippen LogP contribution in [0.15, 0.2) is 108 Å². The lowest BCUT2D eigenvalue weighted by Gasteiger charge is -2.37. The van der Waals surface area contributed by atoms with Gasteiger partial charge in [0.2, 0.25) is 0 Å². The lowest BCUT2D eigenvalue weighted by molar-refractivity contribution is -0.0320. The van der Waals surface area contributed by atoms with E-state index < -0.39 is 0 Å².